The maximum atomic E-state index is 13.2. The van der Waals surface area contributed by atoms with Gasteiger partial charge in [0.15, 0.2) is 0 Å². The number of likely N-dealkylation sites (N-methyl/N-ethyl adjacent to an activating group) is 1. The van der Waals surface area contributed by atoms with E-state index in [2.05, 4.69) is 11.2 Å². The number of anilines is 1. The molecule has 0 bridgehead atoms. The number of para-hydroxylation sites is 1. The van der Waals surface area contributed by atoms with Crippen LogP contribution < -0.4 is 4.90 Å². The minimum Gasteiger partial charge on any atom is -0.361 e. The number of piperidine rings is 1. The van der Waals surface area contributed by atoms with Crippen molar-refractivity contribution in [3.8, 4) is 0 Å². The SMILES string of the molecule is CCN1C(=O)C2(CCN(C(=O)c3c(C)noc3C)CC2)c2ccccc21. The van der Waals surface area contributed by atoms with Crippen LogP contribution in [0.15, 0.2) is 28.8 Å². The smallest absolute Gasteiger partial charge is 0.259 e. The van der Waals surface area contributed by atoms with E-state index >= 15 is 0 Å². The van der Waals surface area contributed by atoms with Crippen LogP contribution >= 0.6 is 0 Å². The lowest BCUT2D eigenvalue weighted by molar-refractivity contribution is -0.124. The standard InChI is InChI=1S/C20H23N3O3/c1-4-23-16-8-6-5-7-15(16)20(19(23)25)9-11-22(12-10-20)18(24)17-13(2)21-26-14(17)3/h5-8H,4,9-12H2,1-3H3. The van der Waals surface area contributed by atoms with Gasteiger partial charge in [-0.3, -0.25) is 9.59 Å². The molecule has 2 aliphatic heterocycles. The summed E-state index contributed by atoms with van der Waals surface area (Å²) in [6.07, 6.45) is 1.29. The molecule has 1 aromatic carbocycles. The van der Waals surface area contributed by atoms with Crippen molar-refractivity contribution in [2.45, 2.75) is 39.0 Å². The molecule has 4 rings (SSSR count). The molecule has 2 amide bonds. The Bertz CT molecular complexity index is 859. The molecule has 1 spiro atoms. The van der Waals surface area contributed by atoms with Crippen LogP contribution in [0.25, 0.3) is 0 Å². The number of carbonyl (C=O) groups excluding carboxylic acids is 2. The highest BCUT2D eigenvalue weighted by molar-refractivity contribution is 6.08. The molecule has 0 atom stereocenters. The van der Waals surface area contributed by atoms with Gasteiger partial charge in [-0.2, -0.15) is 0 Å². The van der Waals surface area contributed by atoms with Gasteiger partial charge in [0.1, 0.15) is 11.3 Å². The van der Waals surface area contributed by atoms with E-state index in [-0.39, 0.29) is 11.8 Å². The first-order chi connectivity index (χ1) is 12.5. The fourth-order valence-electron chi connectivity index (χ4n) is 4.43. The van der Waals surface area contributed by atoms with Gasteiger partial charge in [0.05, 0.1) is 11.1 Å². The molecule has 6 heteroatoms. The van der Waals surface area contributed by atoms with Crippen LogP contribution in [-0.2, 0) is 10.2 Å². The Labute approximate surface area is 152 Å². The lowest BCUT2D eigenvalue weighted by atomic mass is 9.73. The van der Waals surface area contributed by atoms with Crippen molar-refractivity contribution in [3.05, 3.63) is 46.8 Å². The van der Waals surface area contributed by atoms with Gasteiger partial charge in [-0.25, -0.2) is 0 Å². The van der Waals surface area contributed by atoms with Crippen LogP contribution in [-0.4, -0.2) is 41.5 Å². The van der Waals surface area contributed by atoms with E-state index in [1.165, 1.54) is 0 Å². The Morgan fingerprint density at radius 3 is 2.54 bits per heavy atom. The van der Waals surface area contributed by atoms with Crippen LogP contribution in [0.1, 0.15) is 47.1 Å². The third kappa shape index (κ3) is 2.21. The molecule has 26 heavy (non-hydrogen) atoms. The first-order valence-corrected chi connectivity index (χ1v) is 9.13. The van der Waals surface area contributed by atoms with Gasteiger partial charge in [-0.05, 0) is 45.2 Å². The molecule has 6 nitrogen and oxygen atoms in total. The van der Waals surface area contributed by atoms with E-state index in [1.54, 1.807) is 13.8 Å². The van der Waals surface area contributed by atoms with E-state index in [1.807, 2.05) is 34.9 Å². The molecular weight excluding hydrogens is 330 g/mol. The van der Waals surface area contributed by atoms with Gasteiger partial charge in [0.2, 0.25) is 5.91 Å². The third-order valence-electron chi connectivity index (χ3n) is 5.83. The molecule has 0 saturated carbocycles. The molecule has 1 aromatic heterocycles. The summed E-state index contributed by atoms with van der Waals surface area (Å²) in [5.74, 6) is 0.667. The summed E-state index contributed by atoms with van der Waals surface area (Å²) < 4.78 is 5.13. The van der Waals surface area contributed by atoms with E-state index in [9.17, 15) is 9.59 Å². The number of rotatable bonds is 2. The van der Waals surface area contributed by atoms with Gasteiger partial charge in [0.25, 0.3) is 5.91 Å². The third-order valence-corrected chi connectivity index (χ3v) is 5.83. The maximum Gasteiger partial charge on any atom is 0.259 e. The van der Waals surface area contributed by atoms with Crippen LogP contribution in [0.3, 0.4) is 0 Å². The van der Waals surface area contributed by atoms with Crippen molar-refractivity contribution in [1.82, 2.24) is 10.1 Å². The first-order valence-electron chi connectivity index (χ1n) is 9.13. The number of amides is 2. The minimum absolute atomic E-state index is 0.0535. The maximum absolute atomic E-state index is 13.2. The van der Waals surface area contributed by atoms with Gasteiger partial charge >= 0.3 is 0 Å². The van der Waals surface area contributed by atoms with Crippen molar-refractivity contribution >= 4 is 17.5 Å². The molecule has 0 radical (unpaired) electrons. The fourth-order valence-corrected chi connectivity index (χ4v) is 4.43. The first kappa shape index (κ1) is 16.8. The van der Waals surface area contributed by atoms with Crippen molar-refractivity contribution in [3.63, 3.8) is 0 Å². The lowest BCUT2D eigenvalue weighted by Crippen LogP contribution is -2.50. The summed E-state index contributed by atoms with van der Waals surface area (Å²) in [4.78, 5) is 29.8. The van der Waals surface area contributed by atoms with Gasteiger partial charge in [-0.15, -0.1) is 0 Å². The minimum atomic E-state index is -0.498. The van der Waals surface area contributed by atoms with Gasteiger partial charge < -0.3 is 14.3 Å². The summed E-state index contributed by atoms with van der Waals surface area (Å²) in [5.41, 5.74) is 2.80. The van der Waals surface area contributed by atoms with Crippen LogP contribution in [0, 0.1) is 13.8 Å². The number of nitrogens with zero attached hydrogens (tertiary/aromatic N) is 3. The van der Waals surface area contributed by atoms with Crippen LogP contribution in [0.5, 0.6) is 0 Å². The number of aromatic nitrogens is 1. The van der Waals surface area contributed by atoms with Crippen LogP contribution in [0.2, 0.25) is 0 Å². The number of aryl methyl sites for hydroxylation is 2. The van der Waals surface area contributed by atoms with Crippen molar-refractivity contribution in [2.24, 2.45) is 0 Å². The number of hydrogen-bond donors (Lipinski definition) is 0. The summed E-state index contributed by atoms with van der Waals surface area (Å²) in [7, 11) is 0. The highest BCUT2D eigenvalue weighted by Gasteiger charge is 2.52. The fraction of sp³-hybridized carbons (Fsp3) is 0.450. The highest BCUT2D eigenvalue weighted by Crippen LogP contribution is 2.47. The predicted octanol–water partition coefficient (Wildman–Crippen LogP) is 2.83. The second-order valence-electron chi connectivity index (χ2n) is 7.14. The average Bonchev–Trinajstić information content (AvgIpc) is 3.11. The average molecular weight is 353 g/mol. The molecule has 1 saturated heterocycles. The predicted molar refractivity (Wildman–Crippen MR) is 97.3 cm³/mol. The Hall–Kier alpha value is -2.63. The van der Waals surface area contributed by atoms with E-state index in [4.69, 9.17) is 4.52 Å². The molecule has 1 fully saturated rings. The number of likely N-dealkylation sites (tertiary alicyclic amines) is 1. The quantitative estimate of drug-likeness (QED) is 0.833. The Morgan fingerprint density at radius 2 is 1.92 bits per heavy atom. The monoisotopic (exact) mass is 353 g/mol. The zero-order chi connectivity index (χ0) is 18.5. The highest BCUT2D eigenvalue weighted by atomic mass is 16.5. The van der Waals surface area contributed by atoms with E-state index < -0.39 is 5.41 Å². The van der Waals surface area contributed by atoms with Crippen molar-refractivity contribution in [1.29, 1.82) is 0 Å². The zero-order valence-electron chi connectivity index (χ0n) is 15.4. The number of benzene rings is 1. The summed E-state index contributed by atoms with van der Waals surface area (Å²) >= 11 is 0. The molecule has 0 unspecified atom stereocenters. The molecule has 2 aliphatic rings. The summed E-state index contributed by atoms with van der Waals surface area (Å²) in [6, 6.07) is 8.06. The molecular formula is C20H23N3O3. The Morgan fingerprint density at radius 1 is 1.23 bits per heavy atom. The number of fused-ring (bicyclic) bond motifs is 2. The Balaban J connectivity index is 1.61. The zero-order valence-corrected chi connectivity index (χ0v) is 15.4. The van der Waals surface area contributed by atoms with Crippen molar-refractivity contribution < 1.29 is 14.1 Å². The molecule has 2 aromatic rings. The number of hydrogen-bond acceptors (Lipinski definition) is 4. The molecule has 136 valence electrons. The van der Waals surface area contributed by atoms with Gasteiger partial charge in [0, 0.05) is 25.3 Å². The second kappa shape index (κ2) is 5.97. The molecule has 3 heterocycles. The number of carbonyl (C=O) groups is 2. The summed E-state index contributed by atoms with van der Waals surface area (Å²) in [6.45, 7) is 7.32. The second-order valence-corrected chi connectivity index (χ2v) is 7.14. The van der Waals surface area contributed by atoms with E-state index in [0.717, 1.165) is 11.3 Å². The van der Waals surface area contributed by atoms with E-state index in [0.29, 0.717) is 49.5 Å². The van der Waals surface area contributed by atoms with Gasteiger partial charge in [-0.1, -0.05) is 23.4 Å². The van der Waals surface area contributed by atoms with Crippen molar-refractivity contribution in [2.75, 3.05) is 24.5 Å². The normalized spacial score (nSPS) is 18.5. The Kier molecular flexibility index (Phi) is 3.86. The summed E-state index contributed by atoms with van der Waals surface area (Å²) in [5, 5.41) is 3.88. The molecule has 0 aliphatic carbocycles. The molecule has 0 N–H and O–H groups in total. The lowest BCUT2D eigenvalue weighted by Gasteiger charge is -2.38. The largest absolute Gasteiger partial charge is 0.361 e. The van der Waals surface area contributed by atoms with Crippen LogP contribution in [0.4, 0.5) is 5.69 Å². The topological polar surface area (TPSA) is 66.7 Å².